The first-order chi connectivity index (χ1) is 11.9. The van der Waals surface area contributed by atoms with Crippen LogP contribution in [0.15, 0.2) is 24.3 Å². The highest BCUT2D eigenvalue weighted by molar-refractivity contribution is 5.81. The van der Waals surface area contributed by atoms with Crippen LogP contribution in [0.1, 0.15) is 32.8 Å². The van der Waals surface area contributed by atoms with E-state index >= 15 is 0 Å². The van der Waals surface area contributed by atoms with Crippen molar-refractivity contribution in [1.82, 2.24) is 25.1 Å². The predicted octanol–water partition coefficient (Wildman–Crippen LogP) is 2.06. The minimum Gasteiger partial charge on any atom is -0.340 e. The lowest BCUT2D eigenvalue weighted by atomic mass is 9.94. The molecular formula is C18H26N6O. The molecule has 3 rings (SSSR count). The summed E-state index contributed by atoms with van der Waals surface area (Å²) in [4.78, 5) is 16.7. The zero-order chi connectivity index (χ0) is 18.0. The molecule has 0 bridgehead atoms. The number of benzene rings is 1. The maximum absolute atomic E-state index is 12.5. The van der Waals surface area contributed by atoms with Gasteiger partial charge in [0.2, 0.25) is 11.9 Å². The molecule has 1 aliphatic heterocycles. The monoisotopic (exact) mass is 342 g/mol. The van der Waals surface area contributed by atoms with Gasteiger partial charge in [0.05, 0.1) is 5.69 Å². The molecule has 2 heterocycles. The molecule has 25 heavy (non-hydrogen) atoms. The van der Waals surface area contributed by atoms with Gasteiger partial charge in [-0.05, 0) is 35.9 Å². The van der Waals surface area contributed by atoms with Gasteiger partial charge in [0.1, 0.15) is 0 Å². The molecule has 0 atom stereocenters. The van der Waals surface area contributed by atoms with Gasteiger partial charge in [0.25, 0.3) is 0 Å². The molecule has 1 amide bonds. The summed E-state index contributed by atoms with van der Waals surface area (Å²) >= 11 is 0. The van der Waals surface area contributed by atoms with E-state index in [1.54, 1.807) is 4.68 Å². The summed E-state index contributed by atoms with van der Waals surface area (Å²) in [6, 6.07) is 8.13. The van der Waals surface area contributed by atoms with Crippen LogP contribution in [-0.4, -0.2) is 57.2 Å². The Kier molecular flexibility index (Phi) is 4.74. The summed E-state index contributed by atoms with van der Waals surface area (Å²) in [6.07, 6.45) is 0.905. The molecule has 134 valence electrons. The lowest BCUT2D eigenvalue weighted by molar-refractivity contribution is -0.139. The third-order valence-corrected chi connectivity index (χ3v) is 4.44. The van der Waals surface area contributed by atoms with Crippen LogP contribution in [0.2, 0.25) is 0 Å². The smallest absolute Gasteiger partial charge is 0.250 e. The van der Waals surface area contributed by atoms with E-state index in [0.29, 0.717) is 6.54 Å². The molecule has 1 aromatic carbocycles. The number of tetrazole rings is 1. The first-order valence-electron chi connectivity index (χ1n) is 8.76. The van der Waals surface area contributed by atoms with Crippen molar-refractivity contribution >= 4 is 11.9 Å². The third-order valence-electron chi connectivity index (χ3n) is 4.44. The van der Waals surface area contributed by atoms with Crippen LogP contribution >= 0.6 is 0 Å². The van der Waals surface area contributed by atoms with Crippen molar-refractivity contribution in [1.29, 1.82) is 0 Å². The van der Waals surface area contributed by atoms with Crippen LogP contribution in [-0.2, 0) is 4.79 Å². The number of aromatic nitrogens is 4. The standard InChI is InChI=1S/C18H26N6O/c1-14-6-8-15(9-7-14)24-17(19-20-21-24)23-11-5-10-22(12-13-23)16(25)18(2,3)4/h6-9H,5,10-13H2,1-4H3. The summed E-state index contributed by atoms with van der Waals surface area (Å²) in [5.74, 6) is 0.932. The van der Waals surface area contributed by atoms with Crippen LogP contribution in [0.4, 0.5) is 5.95 Å². The van der Waals surface area contributed by atoms with E-state index in [9.17, 15) is 4.79 Å². The van der Waals surface area contributed by atoms with Gasteiger partial charge in [0.15, 0.2) is 0 Å². The number of hydrogen-bond acceptors (Lipinski definition) is 5. The number of aryl methyl sites for hydroxylation is 1. The number of carbonyl (C=O) groups is 1. The number of rotatable bonds is 2. The van der Waals surface area contributed by atoms with Gasteiger partial charge >= 0.3 is 0 Å². The van der Waals surface area contributed by atoms with E-state index in [0.717, 1.165) is 37.7 Å². The maximum Gasteiger partial charge on any atom is 0.250 e. The average Bonchev–Trinajstić information content (AvgIpc) is 2.92. The van der Waals surface area contributed by atoms with E-state index in [4.69, 9.17) is 0 Å². The predicted molar refractivity (Wildman–Crippen MR) is 96.8 cm³/mol. The second-order valence-corrected chi connectivity index (χ2v) is 7.61. The third kappa shape index (κ3) is 3.81. The zero-order valence-electron chi connectivity index (χ0n) is 15.4. The van der Waals surface area contributed by atoms with E-state index in [1.807, 2.05) is 49.9 Å². The second-order valence-electron chi connectivity index (χ2n) is 7.61. The number of nitrogens with zero attached hydrogens (tertiary/aromatic N) is 6. The largest absolute Gasteiger partial charge is 0.340 e. The van der Waals surface area contributed by atoms with Gasteiger partial charge in [-0.15, -0.1) is 0 Å². The van der Waals surface area contributed by atoms with E-state index in [-0.39, 0.29) is 11.3 Å². The Morgan fingerprint density at radius 1 is 1.04 bits per heavy atom. The quantitative estimate of drug-likeness (QED) is 0.836. The minimum absolute atomic E-state index is 0.201. The molecule has 1 aromatic heterocycles. The summed E-state index contributed by atoms with van der Waals surface area (Å²) in [5, 5.41) is 12.2. The lowest BCUT2D eigenvalue weighted by Crippen LogP contribution is -2.41. The number of carbonyl (C=O) groups excluding carboxylic acids is 1. The zero-order valence-corrected chi connectivity index (χ0v) is 15.4. The Balaban J connectivity index is 1.77. The van der Waals surface area contributed by atoms with Crippen LogP contribution in [0.25, 0.3) is 5.69 Å². The highest BCUT2D eigenvalue weighted by atomic mass is 16.2. The van der Waals surface area contributed by atoms with Gasteiger partial charge in [-0.25, -0.2) is 0 Å². The molecule has 1 aliphatic rings. The first kappa shape index (κ1) is 17.4. The fourth-order valence-electron chi connectivity index (χ4n) is 3.03. The van der Waals surface area contributed by atoms with Crippen molar-refractivity contribution < 1.29 is 4.79 Å². The van der Waals surface area contributed by atoms with Crippen molar-refractivity contribution in [3.05, 3.63) is 29.8 Å². The molecule has 1 saturated heterocycles. The number of anilines is 1. The SMILES string of the molecule is Cc1ccc(-n2nnnc2N2CCCN(C(=O)C(C)(C)C)CC2)cc1. The molecule has 0 N–H and O–H groups in total. The minimum atomic E-state index is -0.349. The summed E-state index contributed by atoms with van der Waals surface area (Å²) in [5.41, 5.74) is 1.79. The highest BCUT2D eigenvalue weighted by Crippen LogP contribution is 2.21. The van der Waals surface area contributed by atoms with Gasteiger partial charge in [-0.2, -0.15) is 4.68 Å². The second kappa shape index (κ2) is 6.82. The van der Waals surface area contributed by atoms with Gasteiger partial charge in [-0.1, -0.05) is 43.6 Å². The molecule has 0 aliphatic carbocycles. The fourth-order valence-corrected chi connectivity index (χ4v) is 3.03. The Morgan fingerprint density at radius 2 is 1.76 bits per heavy atom. The molecule has 7 heteroatoms. The molecule has 0 saturated carbocycles. The Labute approximate surface area is 148 Å². The van der Waals surface area contributed by atoms with Crippen molar-refractivity contribution in [2.24, 2.45) is 5.41 Å². The topological polar surface area (TPSA) is 67.2 Å². The first-order valence-corrected chi connectivity index (χ1v) is 8.76. The molecular weight excluding hydrogens is 316 g/mol. The summed E-state index contributed by atoms with van der Waals surface area (Å²) < 4.78 is 1.76. The number of amides is 1. The molecule has 0 unspecified atom stereocenters. The summed E-state index contributed by atoms with van der Waals surface area (Å²) in [6.45, 7) is 11.0. The van der Waals surface area contributed by atoms with Crippen LogP contribution in [0.5, 0.6) is 0 Å². The number of hydrogen-bond donors (Lipinski definition) is 0. The molecule has 1 fully saturated rings. The Hall–Kier alpha value is -2.44. The van der Waals surface area contributed by atoms with Crippen molar-refractivity contribution in [3.8, 4) is 5.69 Å². The molecule has 7 nitrogen and oxygen atoms in total. The fraction of sp³-hybridized carbons (Fsp3) is 0.556. The molecule has 0 radical (unpaired) electrons. The van der Waals surface area contributed by atoms with Crippen molar-refractivity contribution in [2.45, 2.75) is 34.1 Å². The van der Waals surface area contributed by atoms with Crippen LogP contribution < -0.4 is 4.90 Å². The van der Waals surface area contributed by atoms with Crippen molar-refractivity contribution in [2.75, 3.05) is 31.1 Å². The van der Waals surface area contributed by atoms with Gasteiger partial charge in [-0.3, -0.25) is 4.79 Å². The average molecular weight is 342 g/mol. The van der Waals surface area contributed by atoms with E-state index in [1.165, 1.54) is 5.56 Å². The molecule has 0 spiro atoms. The van der Waals surface area contributed by atoms with Gasteiger partial charge < -0.3 is 9.80 Å². The summed E-state index contributed by atoms with van der Waals surface area (Å²) in [7, 11) is 0. The van der Waals surface area contributed by atoms with Crippen molar-refractivity contribution in [3.63, 3.8) is 0 Å². The lowest BCUT2D eigenvalue weighted by Gasteiger charge is -2.28. The van der Waals surface area contributed by atoms with Crippen LogP contribution in [0.3, 0.4) is 0 Å². The molecule has 2 aromatic rings. The van der Waals surface area contributed by atoms with Gasteiger partial charge in [0, 0.05) is 31.6 Å². The maximum atomic E-state index is 12.5. The normalized spacial score (nSPS) is 16.0. The van der Waals surface area contributed by atoms with E-state index in [2.05, 4.69) is 27.3 Å². The Morgan fingerprint density at radius 3 is 2.44 bits per heavy atom. The van der Waals surface area contributed by atoms with Crippen LogP contribution in [0, 0.1) is 12.3 Å². The highest BCUT2D eigenvalue weighted by Gasteiger charge is 2.29. The van der Waals surface area contributed by atoms with E-state index < -0.39 is 0 Å². The Bertz CT molecular complexity index is 731.